The van der Waals surface area contributed by atoms with Crippen LogP contribution < -0.4 is 4.90 Å². The number of benzene rings is 2. The van der Waals surface area contributed by atoms with Crippen LogP contribution in [0.2, 0.25) is 5.02 Å². The van der Waals surface area contributed by atoms with Crippen LogP contribution in [0.3, 0.4) is 0 Å². The molecule has 1 saturated heterocycles. The molecule has 0 atom stereocenters. The summed E-state index contributed by atoms with van der Waals surface area (Å²) in [5.41, 5.74) is 2.00. The van der Waals surface area contributed by atoms with Gasteiger partial charge in [0.15, 0.2) is 17.0 Å². The molecular weight excluding hydrogens is 501 g/mol. The van der Waals surface area contributed by atoms with E-state index < -0.39 is 0 Å². The second-order valence-corrected chi connectivity index (χ2v) is 8.58. The predicted octanol–water partition coefficient (Wildman–Crippen LogP) is 3.73. The van der Waals surface area contributed by atoms with Crippen LogP contribution in [-0.4, -0.2) is 61.9 Å². The number of fused-ring (bicyclic) bond motifs is 1. The van der Waals surface area contributed by atoms with Gasteiger partial charge in [-0.1, -0.05) is 38.8 Å². The molecule has 1 aliphatic heterocycles. The third-order valence-corrected chi connectivity index (χ3v) is 6.12. The summed E-state index contributed by atoms with van der Waals surface area (Å²) in [6.07, 6.45) is 1.44. The number of anilines is 1. The van der Waals surface area contributed by atoms with E-state index in [9.17, 15) is 9.18 Å². The minimum Gasteiger partial charge on any atom is -0.351 e. The first-order valence-corrected chi connectivity index (χ1v) is 11.0. The van der Waals surface area contributed by atoms with Crippen LogP contribution in [-0.2, 0) is 0 Å². The van der Waals surface area contributed by atoms with Gasteiger partial charge in [0.2, 0.25) is 0 Å². The van der Waals surface area contributed by atoms with Gasteiger partial charge in [0, 0.05) is 30.7 Å². The largest absolute Gasteiger partial charge is 0.351 e. The van der Waals surface area contributed by atoms with Crippen molar-refractivity contribution in [3.05, 3.63) is 69.7 Å². The van der Waals surface area contributed by atoms with E-state index in [0.717, 1.165) is 4.47 Å². The fourth-order valence-corrected chi connectivity index (χ4v) is 4.26. The highest BCUT2D eigenvalue weighted by Gasteiger charge is 2.26. The zero-order chi connectivity index (χ0) is 22.2. The molecule has 11 heteroatoms. The zero-order valence-corrected chi connectivity index (χ0v) is 19.0. The van der Waals surface area contributed by atoms with Crippen LogP contribution in [0.5, 0.6) is 0 Å². The topological polar surface area (TPSA) is 80.0 Å². The highest BCUT2D eigenvalue weighted by atomic mass is 79.9. The molecule has 0 saturated carbocycles. The minimum atomic E-state index is -0.369. The van der Waals surface area contributed by atoms with Gasteiger partial charge in [-0.05, 0) is 36.4 Å². The summed E-state index contributed by atoms with van der Waals surface area (Å²) < 4.78 is 15.9. The van der Waals surface area contributed by atoms with Gasteiger partial charge in [0.25, 0.3) is 5.91 Å². The van der Waals surface area contributed by atoms with E-state index in [1.54, 1.807) is 35.2 Å². The number of aromatic nitrogens is 5. The van der Waals surface area contributed by atoms with Crippen molar-refractivity contribution < 1.29 is 9.18 Å². The van der Waals surface area contributed by atoms with Gasteiger partial charge >= 0.3 is 0 Å². The molecule has 4 aromatic rings. The van der Waals surface area contributed by atoms with E-state index in [1.165, 1.54) is 23.1 Å². The SMILES string of the molecule is O=C(c1cc(Br)ccc1Cl)N1CCN(c2ncnc3c2nnn3-c2cccc(F)c2)CC1. The molecule has 0 radical (unpaired) electrons. The van der Waals surface area contributed by atoms with Crippen LogP contribution in [0.1, 0.15) is 10.4 Å². The quantitative estimate of drug-likeness (QED) is 0.413. The third-order valence-electron chi connectivity index (χ3n) is 5.30. The van der Waals surface area contributed by atoms with Crippen molar-refractivity contribution in [2.24, 2.45) is 0 Å². The van der Waals surface area contributed by atoms with Crippen molar-refractivity contribution in [3.8, 4) is 5.69 Å². The van der Waals surface area contributed by atoms with E-state index >= 15 is 0 Å². The Morgan fingerprint density at radius 2 is 1.88 bits per heavy atom. The first-order chi connectivity index (χ1) is 15.5. The van der Waals surface area contributed by atoms with Crippen LogP contribution in [0.15, 0.2) is 53.3 Å². The lowest BCUT2D eigenvalue weighted by molar-refractivity contribution is 0.0746. The van der Waals surface area contributed by atoms with Gasteiger partial charge in [-0.15, -0.1) is 5.10 Å². The predicted molar refractivity (Wildman–Crippen MR) is 122 cm³/mol. The molecule has 0 bridgehead atoms. The maximum absolute atomic E-state index is 13.7. The first kappa shape index (κ1) is 20.8. The summed E-state index contributed by atoms with van der Waals surface area (Å²) in [5, 5.41) is 8.82. The molecule has 0 aliphatic carbocycles. The number of carbonyl (C=O) groups excluding carboxylic acids is 1. The molecule has 5 rings (SSSR count). The monoisotopic (exact) mass is 515 g/mol. The maximum atomic E-state index is 13.7. The van der Waals surface area contributed by atoms with Crippen LogP contribution in [0.4, 0.5) is 10.2 Å². The summed E-state index contributed by atoms with van der Waals surface area (Å²) in [6.45, 7) is 2.14. The molecule has 162 valence electrons. The molecule has 2 aromatic carbocycles. The van der Waals surface area contributed by atoms with Gasteiger partial charge in [-0.3, -0.25) is 4.79 Å². The van der Waals surface area contributed by atoms with Crippen LogP contribution >= 0.6 is 27.5 Å². The third kappa shape index (κ3) is 3.80. The summed E-state index contributed by atoms with van der Waals surface area (Å²) in [7, 11) is 0. The Bertz CT molecular complexity index is 1320. The van der Waals surface area contributed by atoms with Gasteiger partial charge in [0.05, 0.1) is 16.3 Å². The maximum Gasteiger partial charge on any atom is 0.255 e. The smallest absolute Gasteiger partial charge is 0.255 e. The highest BCUT2D eigenvalue weighted by Crippen LogP contribution is 2.26. The fourth-order valence-electron chi connectivity index (χ4n) is 3.70. The molecule has 0 spiro atoms. The molecule has 1 aliphatic rings. The van der Waals surface area contributed by atoms with E-state index in [0.29, 0.717) is 59.4 Å². The van der Waals surface area contributed by atoms with Gasteiger partial charge in [-0.25, -0.2) is 14.4 Å². The molecule has 3 heterocycles. The molecular formula is C21H16BrClFN7O. The average molecular weight is 517 g/mol. The summed E-state index contributed by atoms with van der Waals surface area (Å²) in [5.74, 6) is 0.151. The van der Waals surface area contributed by atoms with Gasteiger partial charge in [0.1, 0.15) is 12.1 Å². The highest BCUT2D eigenvalue weighted by molar-refractivity contribution is 9.10. The standard InChI is InChI=1S/C21H16BrClFN7O/c22-13-4-5-17(23)16(10-13)21(32)30-8-6-29(7-9-30)19-18-20(26-12-25-19)31(28-27-18)15-3-1-2-14(24)11-15/h1-5,10-12H,6-9H2. The van der Waals surface area contributed by atoms with Crippen molar-refractivity contribution in [1.82, 2.24) is 29.9 Å². The summed E-state index contributed by atoms with van der Waals surface area (Å²) >= 11 is 9.61. The minimum absolute atomic E-state index is 0.110. The summed E-state index contributed by atoms with van der Waals surface area (Å²) in [4.78, 5) is 25.4. The second kappa shape index (κ2) is 8.44. The van der Waals surface area contributed by atoms with Crippen molar-refractivity contribution >= 4 is 50.4 Å². The molecule has 1 fully saturated rings. The lowest BCUT2D eigenvalue weighted by Gasteiger charge is -2.35. The Balaban J connectivity index is 1.37. The number of piperazine rings is 1. The Labute approximate surface area is 195 Å². The lowest BCUT2D eigenvalue weighted by Crippen LogP contribution is -2.49. The lowest BCUT2D eigenvalue weighted by atomic mass is 10.2. The zero-order valence-electron chi connectivity index (χ0n) is 16.6. The van der Waals surface area contributed by atoms with Crippen molar-refractivity contribution in [2.45, 2.75) is 0 Å². The second-order valence-electron chi connectivity index (χ2n) is 7.25. The van der Waals surface area contributed by atoms with Gasteiger partial charge in [-0.2, -0.15) is 4.68 Å². The molecule has 32 heavy (non-hydrogen) atoms. The molecule has 0 N–H and O–H groups in total. The molecule has 1 amide bonds. The molecule has 0 unspecified atom stereocenters. The molecule has 2 aromatic heterocycles. The normalized spacial score (nSPS) is 14.2. The average Bonchev–Trinajstić information content (AvgIpc) is 3.25. The fraction of sp³-hybridized carbons (Fsp3) is 0.190. The van der Waals surface area contributed by atoms with Crippen LogP contribution in [0.25, 0.3) is 16.9 Å². The van der Waals surface area contributed by atoms with E-state index in [-0.39, 0.29) is 11.7 Å². The first-order valence-electron chi connectivity index (χ1n) is 9.83. The van der Waals surface area contributed by atoms with Gasteiger partial charge < -0.3 is 9.80 Å². The van der Waals surface area contributed by atoms with Crippen molar-refractivity contribution in [3.63, 3.8) is 0 Å². The van der Waals surface area contributed by atoms with Crippen molar-refractivity contribution in [2.75, 3.05) is 31.1 Å². The number of amides is 1. The number of halogens is 3. The number of rotatable bonds is 3. The van der Waals surface area contributed by atoms with E-state index in [2.05, 4.69) is 36.2 Å². The van der Waals surface area contributed by atoms with E-state index in [4.69, 9.17) is 11.6 Å². The molecule has 8 nitrogen and oxygen atoms in total. The number of hydrogen-bond acceptors (Lipinski definition) is 6. The van der Waals surface area contributed by atoms with Crippen LogP contribution in [0, 0.1) is 5.82 Å². The number of nitrogens with zero attached hydrogens (tertiary/aromatic N) is 7. The van der Waals surface area contributed by atoms with E-state index in [1.807, 2.05) is 4.90 Å². The Hall–Kier alpha value is -3.11. The number of carbonyl (C=O) groups is 1. The van der Waals surface area contributed by atoms with Crippen molar-refractivity contribution in [1.29, 1.82) is 0 Å². The Kier molecular flexibility index (Phi) is 5.48. The Morgan fingerprint density at radius 1 is 1.06 bits per heavy atom. The number of hydrogen-bond donors (Lipinski definition) is 0. The Morgan fingerprint density at radius 3 is 2.66 bits per heavy atom. The summed E-state index contributed by atoms with van der Waals surface area (Å²) in [6, 6.07) is 11.3.